The van der Waals surface area contributed by atoms with Crippen LogP contribution in [-0.2, 0) is 0 Å². The fourth-order valence-corrected chi connectivity index (χ4v) is 0.539. The SMILES string of the molecule is [C-]#[N+]/C(N)=C(C#N)/N=C/NC[C@@H](C)O. The molecule has 14 heavy (non-hydrogen) atoms. The Morgan fingerprint density at radius 3 is 3.00 bits per heavy atom. The van der Waals surface area contributed by atoms with Crippen LogP contribution in [-0.4, -0.2) is 24.1 Å². The lowest BCUT2D eigenvalue weighted by molar-refractivity contribution is 0.198. The molecule has 0 rings (SSSR count). The minimum Gasteiger partial charge on any atom is -0.392 e. The van der Waals surface area contributed by atoms with Gasteiger partial charge in [-0.1, -0.05) is 6.57 Å². The molecule has 0 spiro atoms. The van der Waals surface area contributed by atoms with Crippen LogP contribution in [0.1, 0.15) is 6.92 Å². The van der Waals surface area contributed by atoms with Crippen LogP contribution in [0.2, 0.25) is 0 Å². The average Bonchev–Trinajstić information content (AvgIpc) is 2.16. The summed E-state index contributed by atoms with van der Waals surface area (Å²) in [5.41, 5.74) is 5.04. The van der Waals surface area contributed by atoms with Crippen LogP contribution in [0, 0.1) is 17.9 Å². The molecule has 0 saturated heterocycles. The first-order valence-corrected chi connectivity index (χ1v) is 3.83. The third-order valence-electron chi connectivity index (χ3n) is 1.17. The van der Waals surface area contributed by atoms with Crippen molar-refractivity contribution in [3.8, 4) is 6.07 Å². The first-order chi connectivity index (χ1) is 6.61. The number of allylic oxidation sites excluding steroid dienone is 1. The van der Waals surface area contributed by atoms with Crippen molar-refractivity contribution < 1.29 is 5.11 Å². The van der Waals surface area contributed by atoms with Crippen molar-refractivity contribution in [2.75, 3.05) is 6.54 Å². The maximum atomic E-state index is 8.86. The Kier molecular flexibility index (Phi) is 5.52. The molecule has 0 aromatic rings. The van der Waals surface area contributed by atoms with Crippen LogP contribution in [0.5, 0.6) is 0 Å². The number of rotatable bonds is 4. The van der Waals surface area contributed by atoms with E-state index in [1.54, 1.807) is 13.0 Å². The number of aliphatic hydroxyl groups is 1. The van der Waals surface area contributed by atoms with E-state index < -0.39 is 6.10 Å². The molecule has 0 bridgehead atoms. The lowest BCUT2D eigenvalue weighted by atomic mass is 10.4. The lowest BCUT2D eigenvalue weighted by Gasteiger charge is -2.01. The maximum absolute atomic E-state index is 8.86. The van der Waals surface area contributed by atoms with Crippen molar-refractivity contribution in [1.82, 2.24) is 5.32 Å². The molecule has 4 N–H and O–H groups in total. The molecule has 0 fully saturated rings. The fraction of sp³-hybridized carbons (Fsp3) is 0.375. The van der Waals surface area contributed by atoms with Crippen LogP contribution in [0.4, 0.5) is 0 Å². The normalized spacial score (nSPS) is 14.0. The van der Waals surface area contributed by atoms with Crippen molar-refractivity contribution in [2.24, 2.45) is 10.7 Å². The predicted molar refractivity (Wildman–Crippen MR) is 51.6 cm³/mol. The summed E-state index contributed by atoms with van der Waals surface area (Å²) in [6.45, 7) is 8.47. The van der Waals surface area contributed by atoms with Gasteiger partial charge in [0.2, 0.25) is 0 Å². The highest BCUT2D eigenvalue weighted by Crippen LogP contribution is 1.98. The summed E-state index contributed by atoms with van der Waals surface area (Å²) in [5.74, 6) is -0.248. The molecular formula is C8H11N5O. The zero-order valence-corrected chi connectivity index (χ0v) is 7.73. The number of nitrogens with one attached hydrogen (secondary N) is 1. The van der Waals surface area contributed by atoms with Crippen molar-refractivity contribution >= 4 is 6.34 Å². The van der Waals surface area contributed by atoms with E-state index in [0.29, 0.717) is 6.54 Å². The van der Waals surface area contributed by atoms with Crippen molar-refractivity contribution in [1.29, 1.82) is 5.26 Å². The first-order valence-electron chi connectivity index (χ1n) is 3.83. The average molecular weight is 193 g/mol. The first kappa shape index (κ1) is 11.9. The van der Waals surface area contributed by atoms with Gasteiger partial charge in [-0.15, -0.1) is 0 Å². The van der Waals surface area contributed by atoms with E-state index in [9.17, 15) is 0 Å². The molecule has 0 aromatic heterocycles. The molecule has 0 aliphatic carbocycles. The molecular weight excluding hydrogens is 182 g/mol. The predicted octanol–water partition coefficient (Wildman–Crippen LogP) is -0.444. The topological polar surface area (TPSA) is 98.8 Å². The second kappa shape index (κ2) is 6.46. The summed E-state index contributed by atoms with van der Waals surface area (Å²) in [5, 5.41) is 20.0. The van der Waals surface area contributed by atoms with Gasteiger partial charge in [0.1, 0.15) is 6.07 Å². The number of hydrogen-bond acceptors (Lipinski definition) is 4. The Balaban J connectivity index is 4.24. The Morgan fingerprint density at radius 1 is 1.93 bits per heavy atom. The highest BCUT2D eigenvalue weighted by molar-refractivity contribution is 5.57. The summed E-state index contributed by atoms with van der Waals surface area (Å²) in [6.07, 6.45) is 0.720. The second-order valence-corrected chi connectivity index (χ2v) is 2.47. The van der Waals surface area contributed by atoms with Crippen molar-refractivity contribution in [3.05, 3.63) is 22.9 Å². The van der Waals surface area contributed by atoms with Crippen molar-refractivity contribution in [3.63, 3.8) is 0 Å². The van der Waals surface area contributed by atoms with Gasteiger partial charge in [-0.3, -0.25) is 0 Å². The quantitative estimate of drug-likeness (QED) is 0.244. The number of nitrogens with two attached hydrogens (primary N) is 1. The molecule has 0 heterocycles. The van der Waals surface area contributed by atoms with Gasteiger partial charge >= 0.3 is 0 Å². The molecule has 1 atom stereocenters. The molecule has 6 nitrogen and oxygen atoms in total. The van der Waals surface area contributed by atoms with Gasteiger partial charge < -0.3 is 21.0 Å². The van der Waals surface area contributed by atoms with E-state index in [4.69, 9.17) is 22.7 Å². The highest BCUT2D eigenvalue weighted by Gasteiger charge is 1.97. The van der Waals surface area contributed by atoms with Gasteiger partial charge in [0.15, 0.2) is 5.70 Å². The molecule has 0 radical (unpaired) electrons. The van der Waals surface area contributed by atoms with Gasteiger partial charge in [-0.05, 0) is 6.92 Å². The third-order valence-corrected chi connectivity index (χ3v) is 1.17. The maximum Gasteiger partial charge on any atom is 0.257 e. The molecule has 0 aliphatic heterocycles. The number of nitriles is 1. The summed E-state index contributed by atoms with van der Waals surface area (Å²) in [7, 11) is 0. The third kappa shape index (κ3) is 4.75. The summed E-state index contributed by atoms with van der Waals surface area (Å²) < 4.78 is 0. The van der Waals surface area contributed by atoms with E-state index >= 15 is 0 Å². The van der Waals surface area contributed by atoms with Crippen LogP contribution >= 0.6 is 0 Å². The van der Waals surface area contributed by atoms with E-state index in [-0.39, 0.29) is 11.5 Å². The Morgan fingerprint density at radius 2 is 2.57 bits per heavy atom. The Bertz CT molecular complexity index is 318. The molecule has 0 aromatic carbocycles. The van der Waals surface area contributed by atoms with E-state index in [0.717, 1.165) is 0 Å². The second-order valence-electron chi connectivity index (χ2n) is 2.47. The van der Waals surface area contributed by atoms with Crippen molar-refractivity contribution in [2.45, 2.75) is 13.0 Å². The standard InChI is InChI=1S/C8H11N5O/c1-6(14)4-12-5-13-7(3-9)8(10)11-2/h5-6,14H,4,10H2,1H3,(H,12,13)/b8-7+/t6-/m1/s1. The van der Waals surface area contributed by atoms with Gasteiger partial charge in [0, 0.05) is 6.54 Å². The summed E-state index contributed by atoms with van der Waals surface area (Å²) in [6, 6.07) is 1.68. The molecule has 0 unspecified atom stereocenters. The molecule has 0 saturated carbocycles. The smallest absolute Gasteiger partial charge is 0.257 e. The summed E-state index contributed by atoms with van der Waals surface area (Å²) in [4.78, 5) is 6.48. The van der Waals surface area contributed by atoms with E-state index in [2.05, 4.69) is 15.2 Å². The van der Waals surface area contributed by atoms with Crippen LogP contribution in [0.15, 0.2) is 16.5 Å². The molecule has 0 aliphatic rings. The van der Waals surface area contributed by atoms with Gasteiger partial charge in [0.05, 0.1) is 12.4 Å². The zero-order chi connectivity index (χ0) is 11.0. The number of hydrogen-bond donors (Lipinski definition) is 3. The summed E-state index contributed by atoms with van der Waals surface area (Å²) >= 11 is 0. The number of aliphatic imine (C=N–C) groups is 1. The number of aliphatic hydroxyl groups excluding tert-OH is 1. The van der Waals surface area contributed by atoms with Crippen LogP contribution in [0.25, 0.3) is 4.85 Å². The zero-order valence-electron chi connectivity index (χ0n) is 7.73. The minimum absolute atomic E-state index is 0.141. The molecule has 74 valence electrons. The fourth-order valence-electron chi connectivity index (χ4n) is 0.539. The Labute approximate surface area is 82.2 Å². The van der Waals surface area contributed by atoms with Gasteiger partial charge in [-0.25, -0.2) is 4.99 Å². The molecule has 6 heteroatoms. The largest absolute Gasteiger partial charge is 0.392 e. The minimum atomic E-state index is -0.505. The van der Waals surface area contributed by atoms with Crippen LogP contribution in [0.3, 0.4) is 0 Å². The van der Waals surface area contributed by atoms with Gasteiger partial charge in [-0.2, -0.15) is 5.26 Å². The van der Waals surface area contributed by atoms with Gasteiger partial charge in [0.25, 0.3) is 5.82 Å². The van der Waals surface area contributed by atoms with E-state index in [1.165, 1.54) is 6.34 Å². The molecule has 0 amide bonds. The highest BCUT2D eigenvalue weighted by atomic mass is 16.3. The lowest BCUT2D eigenvalue weighted by Crippen LogP contribution is -2.22. The van der Waals surface area contributed by atoms with Crippen LogP contribution < -0.4 is 11.1 Å². The monoisotopic (exact) mass is 193 g/mol. The Hall–Kier alpha value is -2.05. The van der Waals surface area contributed by atoms with E-state index in [1.807, 2.05) is 0 Å². The number of nitrogens with zero attached hydrogens (tertiary/aromatic N) is 3.